The first-order valence-corrected chi connectivity index (χ1v) is 39.9. The molecule has 0 aromatic heterocycles. The molecule has 2 aliphatic heterocycles. The quantitative estimate of drug-likeness (QED) is 0.0102. The van der Waals surface area contributed by atoms with Crippen molar-refractivity contribution in [3.8, 4) is 5.75 Å². The molecule has 22 heteroatoms. The molecule has 0 radical (unpaired) electrons. The summed E-state index contributed by atoms with van der Waals surface area (Å²) in [7, 11) is -4.12. The van der Waals surface area contributed by atoms with Crippen LogP contribution in [0.3, 0.4) is 0 Å². The van der Waals surface area contributed by atoms with Crippen molar-refractivity contribution in [2.45, 2.75) is 218 Å². The molecule has 3 aliphatic rings. The van der Waals surface area contributed by atoms with Gasteiger partial charge in [-0.05, 0) is 155 Å². The van der Waals surface area contributed by atoms with Crippen LogP contribution < -0.4 is 30.9 Å². The van der Waals surface area contributed by atoms with E-state index in [2.05, 4.69) is 126 Å². The second kappa shape index (κ2) is 41.0. The van der Waals surface area contributed by atoms with E-state index in [9.17, 15) is 61.5 Å². The predicted octanol–water partition coefficient (Wildman–Crippen LogP) is 14.3. The number of amides is 4. The Balaban J connectivity index is 0.946. The van der Waals surface area contributed by atoms with E-state index >= 15 is 0 Å². The van der Waals surface area contributed by atoms with Gasteiger partial charge in [0, 0.05) is 98.5 Å². The number of carbonyl (C=O) groups is 8. The molecular formula is C86H109N6O15S+. The van der Waals surface area contributed by atoms with Crippen LogP contribution >= 0.6 is 0 Å². The van der Waals surface area contributed by atoms with Crippen LogP contribution in [0.15, 0.2) is 180 Å². The Hall–Kier alpha value is -9.80. The van der Waals surface area contributed by atoms with Gasteiger partial charge >= 0.3 is 23.9 Å². The van der Waals surface area contributed by atoms with E-state index in [1.54, 1.807) is 12.1 Å². The second-order valence-corrected chi connectivity index (χ2v) is 31.2. The van der Waals surface area contributed by atoms with Gasteiger partial charge in [0.2, 0.25) is 17.5 Å². The van der Waals surface area contributed by atoms with Crippen molar-refractivity contribution in [1.82, 2.24) is 21.3 Å². The number of Topliss-reactive ketones (excluding diaryl/α,β-unsaturated/α-hetero) is 2. The molecule has 21 nitrogen and oxygen atoms in total. The summed E-state index contributed by atoms with van der Waals surface area (Å²) in [6, 6.07) is 38.1. The molecule has 8 N–H and O–H groups in total. The number of nitrogens with one attached hydrogen (secondary N) is 4. The Morgan fingerprint density at radius 3 is 1.88 bits per heavy atom. The maximum absolute atomic E-state index is 14.7. The number of urea groups is 1. The molecule has 4 atom stereocenters. The fourth-order valence-corrected chi connectivity index (χ4v) is 15.2. The maximum atomic E-state index is 14.7. The lowest BCUT2D eigenvalue weighted by atomic mass is 9.81. The van der Waals surface area contributed by atoms with Crippen LogP contribution in [0.5, 0.6) is 5.75 Å². The summed E-state index contributed by atoms with van der Waals surface area (Å²) in [5, 5.41) is 39.6. The van der Waals surface area contributed by atoms with Gasteiger partial charge in [-0.3, -0.25) is 28.5 Å². The Kier molecular flexibility index (Phi) is 31.8. The first-order valence-electron chi connectivity index (χ1n) is 38.3. The number of aliphatic carboxylic acids is 3. The number of para-hydroxylation sites is 2. The first kappa shape index (κ1) is 83.8. The normalized spacial score (nSPS) is 16.3. The molecule has 0 spiro atoms. The summed E-state index contributed by atoms with van der Waals surface area (Å²) in [6.07, 6.45) is 19.5. The lowest BCUT2D eigenvalue weighted by Gasteiger charge is -2.27. The monoisotopic (exact) mass is 1500 g/mol. The summed E-state index contributed by atoms with van der Waals surface area (Å²) in [4.78, 5) is 106. The largest absolute Gasteiger partial charge is 0.481 e. The molecular weight excluding hydrogens is 1390 g/mol. The van der Waals surface area contributed by atoms with Gasteiger partial charge in [-0.1, -0.05) is 168 Å². The highest BCUT2D eigenvalue weighted by Crippen LogP contribution is 2.48. The van der Waals surface area contributed by atoms with E-state index in [1.807, 2.05) is 84.9 Å². The minimum Gasteiger partial charge on any atom is -0.481 e. The number of benzene rings is 5. The Morgan fingerprint density at radius 2 is 1.21 bits per heavy atom. The second-order valence-electron chi connectivity index (χ2n) is 29.7. The van der Waals surface area contributed by atoms with Gasteiger partial charge in [0.15, 0.2) is 11.5 Å². The van der Waals surface area contributed by atoms with Gasteiger partial charge in [-0.2, -0.15) is 13.0 Å². The Morgan fingerprint density at radius 1 is 0.593 bits per heavy atom. The molecule has 0 bridgehead atoms. The van der Waals surface area contributed by atoms with Crippen LogP contribution in [0.2, 0.25) is 0 Å². The SMILES string of the molecule is CCCCC[N+]1=C(/C=C/C2=C(Oc3ccc(C[C@H](NC(=O)[C@@H](CC(=O)[C@H](Cc4ccccc4)NC(=O)CCCCCCCCC(=O)CC[C@H](NC(=O)NCCCC(=O)O)C(=O)O)Cc4ccccc4)C(=O)O)cc3)C(=C/C=C3/N(CCCCS(=O)(=O)O)c4ccccc4C3(C)C)/CCC2)C(C)(C)c2ccccc21. The van der Waals surface area contributed by atoms with E-state index < -0.39 is 69.4 Å². The smallest absolute Gasteiger partial charge is 0.326 e. The summed E-state index contributed by atoms with van der Waals surface area (Å²) in [6.45, 7) is 12.6. The summed E-state index contributed by atoms with van der Waals surface area (Å²) < 4.78 is 42.6. The van der Waals surface area contributed by atoms with Gasteiger partial charge in [-0.15, -0.1) is 0 Å². The van der Waals surface area contributed by atoms with Crippen LogP contribution in [0.25, 0.3) is 0 Å². The molecule has 2 heterocycles. The minimum absolute atomic E-state index is 0.0380. The number of allylic oxidation sites excluding steroid dienone is 7. The van der Waals surface area contributed by atoms with Crippen molar-refractivity contribution in [1.29, 1.82) is 0 Å². The third-order valence-corrected chi connectivity index (χ3v) is 21.4. The number of ketones is 2. The van der Waals surface area contributed by atoms with Gasteiger partial charge < -0.3 is 46.2 Å². The molecule has 0 saturated heterocycles. The van der Waals surface area contributed by atoms with Crippen LogP contribution in [-0.2, 0) is 73.8 Å². The number of nitrogens with zero attached hydrogens (tertiary/aromatic N) is 2. The number of carboxylic acid groups (broad SMARTS) is 3. The van der Waals surface area contributed by atoms with Crippen molar-refractivity contribution in [2.75, 3.05) is 30.3 Å². The highest BCUT2D eigenvalue weighted by Gasteiger charge is 2.44. The average molecular weight is 1500 g/mol. The number of hydrogen-bond acceptors (Lipinski definition) is 12. The molecule has 8 rings (SSSR count). The molecule has 4 amide bonds. The molecule has 1 aliphatic carbocycles. The number of rotatable bonds is 45. The molecule has 5 aromatic carbocycles. The fraction of sp³-hybridized carbons (Fsp3) is 0.453. The summed E-state index contributed by atoms with van der Waals surface area (Å²) in [5.74, 6) is -5.15. The number of carboxylic acids is 3. The van der Waals surface area contributed by atoms with Crippen LogP contribution in [0.4, 0.5) is 16.2 Å². The van der Waals surface area contributed by atoms with Crippen LogP contribution in [0.1, 0.15) is 197 Å². The van der Waals surface area contributed by atoms with E-state index in [-0.39, 0.29) is 99.4 Å². The van der Waals surface area contributed by atoms with Crippen molar-refractivity contribution in [3.63, 3.8) is 0 Å². The first-order chi connectivity index (χ1) is 51.7. The Labute approximate surface area is 636 Å². The van der Waals surface area contributed by atoms with E-state index in [4.69, 9.17) is 9.84 Å². The van der Waals surface area contributed by atoms with E-state index in [0.29, 0.717) is 62.1 Å². The number of ether oxygens (including phenoxy) is 1. The molecule has 108 heavy (non-hydrogen) atoms. The molecule has 0 saturated carbocycles. The average Bonchev–Trinajstić information content (AvgIpc) is 1.60. The van der Waals surface area contributed by atoms with Crippen molar-refractivity contribution in [3.05, 3.63) is 208 Å². The number of fused-ring (bicyclic) bond motifs is 2. The van der Waals surface area contributed by atoms with E-state index in [0.717, 1.165) is 97.1 Å². The van der Waals surface area contributed by atoms with Gasteiger partial charge in [0.1, 0.15) is 35.9 Å². The zero-order chi connectivity index (χ0) is 77.8. The van der Waals surface area contributed by atoms with Gasteiger partial charge in [0.05, 0.1) is 17.2 Å². The predicted molar refractivity (Wildman–Crippen MR) is 419 cm³/mol. The zero-order valence-electron chi connectivity index (χ0n) is 63.2. The number of unbranched alkanes of at least 4 members (excludes halogenated alkanes) is 8. The van der Waals surface area contributed by atoms with Gasteiger partial charge in [-0.25, -0.2) is 14.4 Å². The van der Waals surface area contributed by atoms with E-state index in [1.165, 1.54) is 17.0 Å². The van der Waals surface area contributed by atoms with Gasteiger partial charge in [0.25, 0.3) is 10.1 Å². The molecule has 578 valence electrons. The molecule has 0 unspecified atom stereocenters. The van der Waals surface area contributed by atoms with Crippen molar-refractivity contribution < 1.29 is 76.0 Å². The topological polar surface area (TPSA) is 315 Å². The number of carbonyl (C=O) groups excluding carboxylic acids is 5. The third kappa shape index (κ3) is 25.1. The fourth-order valence-electron chi connectivity index (χ4n) is 14.6. The summed E-state index contributed by atoms with van der Waals surface area (Å²) in [5.41, 5.74) is 10.4. The molecule has 0 fully saturated rings. The number of anilines is 1. The summed E-state index contributed by atoms with van der Waals surface area (Å²) >= 11 is 0. The highest BCUT2D eigenvalue weighted by molar-refractivity contribution is 7.85. The minimum atomic E-state index is -4.12. The van der Waals surface area contributed by atoms with Crippen molar-refractivity contribution in [2.24, 2.45) is 5.92 Å². The maximum Gasteiger partial charge on any atom is 0.326 e. The lowest BCUT2D eigenvalue weighted by Crippen LogP contribution is -2.47. The lowest BCUT2D eigenvalue weighted by molar-refractivity contribution is -0.438. The number of hydrogen-bond donors (Lipinski definition) is 8. The molecule has 5 aromatic rings. The Bertz CT molecular complexity index is 4220. The van der Waals surface area contributed by atoms with Crippen LogP contribution in [-0.4, -0.2) is 129 Å². The zero-order valence-corrected chi connectivity index (χ0v) is 64.0. The third-order valence-electron chi connectivity index (χ3n) is 20.6. The van der Waals surface area contributed by atoms with Crippen LogP contribution in [0, 0.1) is 5.92 Å². The highest BCUT2D eigenvalue weighted by atomic mass is 32.2. The van der Waals surface area contributed by atoms with Crippen molar-refractivity contribution >= 4 is 74.5 Å². The standard InChI is InChI=1S/C86H108N6O15S/c1-6-7-24-53-91-73-38-22-20-36-68(73)85(2,3)76(91)50-44-63-33-27-34-64(45-51-77-86(4,5)69-37-21-23-39-74(69)92(77)54-25-26-55-108(104,105)106)80(63)107-67-47-42-62(43-48-67)58-72(83(101)102)89-81(98)65(56-60-29-14-12-15-30-60)59-75(94)71(57-61-31-16-13-17-32-61)88-78(95)40-19-11-9-8-10-18-35-66(93)46-49-70(82(99)100)90-84(103)87-52-28-41-79(96)97/h12-17,20-23,29-32,36-39,42-45,47-48,50-51,65,70-72H,6-11,18-19,24-28,33-35,40-41,46,49,52-59H2,1-5H3,(H7-,87,88,89,90,95,96,97,98,99,100,101,102,103,104,105,106)/p+1/t65-,70+,71+,72+/m1/s1.